The van der Waals surface area contributed by atoms with Crippen molar-refractivity contribution in [3.8, 4) is 0 Å². The molecular formula is C11H9N3O2. The van der Waals surface area contributed by atoms with Crippen molar-refractivity contribution in [2.45, 2.75) is 0 Å². The second-order valence-electron chi connectivity index (χ2n) is 3.16. The van der Waals surface area contributed by atoms with E-state index in [-0.39, 0.29) is 6.03 Å². The van der Waals surface area contributed by atoms with Crippen LogP contribution in [0.25, 0.3) is 10.9 Å². The molecule has 0 saturated carbocycles. The Hall–Kier alpha value is -2.39. The number of aromatic nitrogens is 1. The summed E-state index contributed by atoms with van der Waals surface area (Å²) in [5.74, 6) is 0. The molecule has 1 heterocycles. The number of carbonyl (C=O) groups is 1. The molecule has 0 aliphatic heterocycles. The van der Waals surface area contributed by atoms with Gasteiger partial charge < -0.3 is 5.32 Å². The minimum atomic E-state index is -0.274. The van der Waals surface area contributed by atoms with Gasteiger partial charge in [0.15, 0.2) is 0 Å². The molecule has 80 valence electrons. The lowest BCUT2D eigenvalue weighted by Crippen LogP contribution is -2.23. The Morgan fingerprint density at radius 1 is 1.44 bits per heavy atom. The molecule has 0 spiro atoms. The van der Waals surface area contributed by atoms with Crippen molar-refractivity contribution < 1.29 is 9.59 Å². The van der Waals surface area contributed by atoms with Crippen LogP contribution in [0.5, 0.6) is 0 Å². The number of rotatable bonds is 1. The van der Waals surface area contributed by atoms with Crippen LogP contribution in [0.3, 0.4) is 0 Å². The van der Waals surface area contributed by atoms with E-state index in [0.29, 0.717) is 11.2 Å². The van der Waals surface area contributed by atoms with E-state index in [1.54, 1.807) is 19.2 Å². The van der Waals surface area contributed by atoms with E-state index in [4.69, 9.17) is 0 Å². The van der Waals surface area contributed by atoms with Crippen LogP contribution in [0.1, 0.15) is 0 Å². The molecule has 0 atom stereocenters. The van der Waals surface area contributed by atoms with Crippen molar-refractivity contribution in [1.29, 1.82) is 0 Å². The number of isocyanates is 1. The molecule has 1 aromatic carbocycles. The fourth-order valence-corrected chi connectivity index (χ4v) is 1.59. The molecule has 5 nitrogen and oxygen atoms in total. The molecule has 16 heavy (non-hydrogen) atoms. The van der Waals surface area contributed by atoms with Gasteiger partial charge in [-0.1, -0.05) is 18.2 Å². The van der Waals surface area contributed by atoms with Crippen molar-refractivity contribution in [3.63, 3.8) is 0 Å². The number of hydrogen-bond acceptors (Lipinski definition) is 3. The summed E-state index contributed by atoms with van der Waals surface area (Å²) >= 11 is 0. The molecular weight excluding hydrogens is 206 g/mol. The topological polar surface area (TPSA) is 63.5 Å². The second-order valence-corrected chi connectivity index (χ2v) is 3.16. The summed E-state index contributed by atoms with van der Waals surface area (Å²) in [6, 6.07) is 6.94. The molecule has 0 fully saturated rings. The summed E-state index contributed by atoms with van der Waals surface area (Å²) in [6.07, 6.45) is 2.98. The number of para-hydroxylation sites is 1. The van der Waals surface area contributed by atoms with Gasteiger partial charge in [-0.05, 0) is 6.07 Å². The van der Waals surface area contributed by atoms with Gasteiger partial charge >= 0.3 is 6.03 Å². The van der Waals surface area contributed by atoms with Gasteiger partial charge in [0, 0.05) is 18.6 Å². The minimum Gasteiger partial charge on any atom is -0.340 e. The van der Waals surface area contributed by atoms with E-state index < -0.39 is 0 Å². The Balaban J connectivity index is 2.76. The van der Waals surface area contributed by atoms with Crippen LogP contribution in [0, 0.1) is 0 Å². The molecule has 0 radical (unpaired) electrons. The molecule has 0 aliphatic rings. The Labute approximate surface area is 91.4 Å². The molecule has 0 bridgehead atoms. The SMILES string of the molecule is CNC(=O)n1cc(N=C=O)c2ccccc21. The zero-order valence-electron chi connectivity index (χ0n) is 8.60. The van der Waals surface area contributed by atoms with E-state index in [9.17, 15) is 9.59 Å². The third-order valence-corrected chi connectivity index (χ3v) is 2.29. The molecule has 0 saturated heterocycles. The van der Waals surface area contributed by atoms with E-state index >= 15 is 0 Å². The molecule has 2 rings (SSSR count). The number of carbonyl (C=O) groups excluding carboxylic acids is 2. The highest BCUT2D eigenvalue weighted by Gasteiger charge is 2.11. The minimum absolute atomic E-state index is 0.274. The Bertz CT molecular complexity index is 594. The molecule has 2 aromatic rings. The van der Waals surface area contributed by atoms with E-state index in [1.165, 1.54) is 16.8 Å². The second kappa shape index (κ2) is 4.00. The van der Waals surface area contributed by atoms with Crippen LogP contribution in [0.4, 0.5) is 10.5 Å². The fourth-order valence-electron chi connectivity index (χ4n) is 1.59. The first kappa shape index (κ1) is 10.1. The lowest BCUT2D eigenvalue weighted by atomic mass is 10.2. The molecule has 1 N–H and O–H groups in total. The van der Waals surface area contributed by atoms with Gasteiger partial charge in [-0.2, -0.15) is 4.99 Å². The van der Waals surface area contributed by atoms with E-state index in [0.717, 1.165) is 5.39 Å². The number of nitrogens with zero attached hydrogens (tertiary/aromatic N) is 2. The van der Waals surface area contributed by atoms with Crippen LogP contribution < -0.4 is 5.32 Å². The van der Waals surface area contributed by atoms with Gasteiger partial charge in [0.1, 0.15) is 5.69 Å². The van der Waals surface area contributed by atoms with Gasteiger partial charge in [-0.15, -0.1) is 0 Å². The smallest absolute Gasteiger partial charge is 0.325 e. The third kappa shape index (κ3) is 1.49. The maximum absolute atomic E-state index is 11.6. The summed E-state index contributed by atoms with van der Waals surface area (Å²) in [4.78, 5) is 25.4. The van der Waals surface area contributed by atoms with E-state index in [1.807, 2.05) is 12.1 Å². The van der Waals surface area contributed by atoms with Crippen LogP contribution in [-0.4, -0.2) is 23.7 Å². The van der Waals surface area contributed by atoms with E-state index in [2.05, 4.69) is 10.3 Å². The number of benzene rings is 1. The third-order valence-electron chi connectivity index (χ3n) is 2.29. The molecule has 5 heteroatoms. The number of aliphatic imine (C=N–C) groups is 1. The van der Waals surface area contributed by atoms with Crippen molar-refractivity contribution in [3.05, 3.63) is 30.5 Å². The van der Waals surface area contributed by atoms with Crippen molar-refractivity contribution >= 4 is 28.7 Å². The summed E-state index contributed by atoms with van der Waals surface area (Å²) in [7, 11) is 1.54. The maximum Gasteiger partial charge on any atom is 0.325 e. The summed E-state index contributed by atoms with van der Waals surface area (Å²) in [6.45, 7) is 0. The summed E-state index contributed by atoms with van der Waals surface area (Å²) in [5.41, 5.74) is 1.14. The predicted octanol–water partition coefficient (Wildman–Crippen LogP) is 1.80. The quantitative estimate of drug-likeness (QED) is 0.582. The van der Waals surface area contributed by atoms with Crippen LogP contribution >= 0.6 is 0 Å². The first-order chi connectivity index (χ1) is 7.77. The number of hydrogen-bond donors (Lipinski definition) is 1. The van der Waals surface area contributed by atoms with Crippen molar-refractivity contribution in [2.75, 3.05) is 7.05 Å². The van der Waals surface area contributed by atoms with Crippen LogP contribution in [-0.2, 0) is 4.79 Å². The number of amides is 1. The highest BCUT2D eigenvalue weighted by Crippen LogP contribution is 2.27. The zero-order valence-corrected chi connectivity index (χ0v) is 8.60. The lowest BCUT2D eigenvalue weighted by molar-refractivity contribution is 0.245. The first-order valence-corrected chi connectivity index (χ1v) is 4.68. The van der Waals surface area contributed by atoms with Gasteiger partial charge in [0.25, 0.3) is 0 Å². The van der Waals surface area contributed by atoms with Gasteiger partial charge in [0.05, 0.1) is 5.52 Å². The fraction of sp³-hybridized carbons (Fsp3) is 0.0909. The molecule has 1 aromatic heterocycles. The summed E-state index contributed by atoms with van der Waals surface area (Å²) < 4.78 is 1.41. The average molecular weight is 215 g/mol. The monoisotopic (exact) mass is 215 g/mol. The maximum atomic E-state index is 11.6. The Kier molecular flexibility index (Phi) is 2.54. The number of nitrogens with one attached hydrogen (secondary N) is 1. The van der Waals surface area contributed by atoms with Gasteiger partial charge in [-0.3, -0.25) is 4.57 Å². The highest BCUT2D eigenvalue weighted by molar-refractivity contribution is 5.98. The highest BCUT2D eigenvalue weighted by atomic mass is 16.2. The standard InChI is InChI=1S/C11H9N3O2/c1-12-11(16)14-6-9(13-7-15)8-4-2-3-5-10(8)14/h2-6H,1H3,(H,12,16). The zero-order chi connectivity index (χ0) is 11.5. The van der Waals surface area contributed by atoms with Gasteiger partial charge in [-0.25, -0.2) is 9.59 Å². The first-order valence-electron chi connectivity index (χ1n) is 4.68. The Morgan fingerprint density at radius 3 is 2.88 bits per heavy atom. The van der Waals surface area contributed by atoms with Gasteiger partial charge in [0.2, 0.25) is 6.08 Å². The normalized spacial score (nSPS) is 9.81. The van der Waals surface area contributed by atoms with Crippen LogP contribution in [0.15, 0.2) is 35.5 Å². The largest absolute Gasteiger partial charge is 0.340 e. The molecule has 0 aliphatic carbocycles. The Morgan fingerprint density at radius 2 is 2.19 bits per heavy atom. The van der Waals surface area contributed by atoms with Crippen molar-refractivity contribution in [1.82, 2.24) is 9.88 Å². The molecule has 1 amide bonds. The summed E-state index contributed by atoms with van der Waals surface area (Å²) in [5, 5.41) is 3.26. The predicted molar refractivity (Wildman–Crippen MR) is 59.6 cm³/mol. The van der Waals surface area contributed by atoms with Crippen LogP contribution in [0.2, 0.25) is 0 Å². The lowest BCUT2D eigenvalue weighted by Gasteiger charge is -2.00. The molecule has 0 unspecified atom stereocenters. The number of fused-ring (bicyclic) bond motifs is 1. The average Bonchev–Trinajstić information content (AvgIpc) is 2.68. The van der Waals surface area contributed by atoms with Crippen molar-refractivity contribution in [2.24, 2.45) is 4.99 Å².